The predicted octanol–water partition coefficient (Wildman–Crippen LogP) is 3.98. The Morgan fingerprint density at radius 2 is 1.96 bits per heavy atom. The number of aromatic nitrogens is 2. The molecule has 0 spiro atoms. The molecule has 0 aliphatic rings. The van der Waals surface area contributed by atoms with Crippen molar-refractivity contribution in [2.75, 3.05) is 11.9 Å². The van der Waals surface area contributed by atoms with Gasteiger partial charge < -0.3 is 11.2 Å². The number of hydrogen-bond acceptors (Lipinski definition) is 6. The van der Waals surface area contributed by atoms with Crippen molar-refractivity contribution in [3.8, 4) is 0 Å². The first-order valence-electron chi connectivity index (χ1n) is 8.25. The van der Waals surface area contributed by atoms with Gasteiger partial charge >= 0.3 is 0 Å². The maximum absolute atomic E-state index is 13.5. The molecule has 0 unspecified atom stereocenters. The van der Waals surface area contributed by atoms with Crippen molar-refractivity contribution in [2.45, 2.75) is 32.6 Å². The molecule has 6 nitrogen and oxygen atoms in total. The van der Waals surface area contributed by atoms with E-state index in [0.717, 1.165) is 17.7 Å². The monoisotopic (exact) mass is 378 g/mol. The highest BCUT2D eigenvalue weighted by Crippen LogP contribution is 2.31. The lowest BCUT2D eigenvalue weighted by molar-refractivity contribution is 0.0138. The number of aliphatic imine (C=N–C) groups is 1. The summed E-state index contributed by atoms with van der Waals surface area (Å²) < 4.78 is 40.3. The van der Waals surface area contributed by atoms with Crippen LogP contribution in [0.25, 0.3) is 0 Å². The number of hydrogen-bond donors (Lipinski definition) is 2. The number of benzene rings is 1. The number of nitrogens with two attached hydrogens (primary N) is 1. The van der Waals surface area contributed by atoms with Crippen LogP contribution in [0.1, 0.15) is 37.8 Å². The van der Waals surface area contributed by atoms with Crippen molar-refractivity contribution in [1.82, 2.24) is 9.97 Å². The van der Waals surface area contributed by atoms with Crippen LogP contribution in [0, 0.1) is 5.82 Å². The van der Waals surface area contributed by atoms with Gasteiger partial charge in [-0.05, 0) is 29.7 Å². The highest BCUT2D eigenvalue weighted by Gasteiger charge is 2.28. The Balaban J connectivity index is 2.04. The normalized spacial score (nSPS) is 12.8. The molecule has 0 radical (unpaired) electrons. The van der Waals surface area contributed by atoms with Crippen LogP contribution >= 0.6 is 0 Å². The quantitative estimate of drug-likeness (QED) is 0.433. The lowest BCUT2D eigenvalue weighted by atomic mass is 10.1. The van der Waals surface area contributed by atoms with Crippen LogP contribution in [0.15, 0.2) is 40.7 Å². The predicted molar refractivity (Wildman–Crippen MR) is 100 cm³/mol. The number of halogens is 3. The molecule has 0 aliphatic heterocycles. The minimum Gasteiger partial charge on any atom is -0.348 e. The Morgan fingerprint density at radius 3 is 2.52 bits per heavy atom. The minimum absolute atomic E-state index is 0.159. The van der Waals surface area contributed by atoms with Gasteiger partial charge in [-0.15, -0.1) is 0 Å². The van der Waals surface area contributed by atoms with E-state index >= 15 is 0 Å². The molecule has 3 N–H and O–H groups in total. The van der Waals surface area contributed by atoms with Crippen LogP contribution < -0.4 is 11.2 Å². The first-order chi connectivity index (χ1) is 12.7. The topological polar surface area (TPSA) is 88.5 Å². The summed E-state index contributed by atoms with van der Waals surface area (Å²) in [5.74, 6) is 1.75. The van der Waals surface area contributed by atoms with Crippen LogP contribution in [0.4, 0.5) is 24.8 Å². The van der Waals surface area contributed by atoms with Crippen molar-refractivity contribution >= 4 is 23.6 Å². The van der Waals surface area contributed by atoms with E-state index < -0.39 is 17.3 Å². The Labute approximate surface area is 155 Å². The lowest BCUT2D eigenvalue weighted by Gasteiger charge is -2.11. The van der Waals surface area contributed by atoms with Crippen molar-refractivity contribution in [2.24, 2.45) is 15.9 Å². The van der Waals surface area contributed by atoms with Crippen molar-refractivity contribution in [3.63, 3.8) is 0 Å². The van der Waals surface area contributed by atoms with Gasteiger partial charge in [0, 0.05) is 19.3 Å². The second-order valence-electron chi connectivity index (χ2n) is 6.28. The summed E-state index contributed by atoms with van der Waals surface area (Å²) in [6, 6.07) is 3.22. The summed E-state index contributed by atoms with van der Waals surface area (Å²) in [6.07, 6.45) is 4.75. The standard InChI is InChI=1S/C18H21F3N6/c1-11(2)12-7-24-17(25-8-12)26-10-14(27-22)9-23-13-4-5-16(19)15(6-13)18(3,20)21/h4-9,11H,10,22H2,1-3H3,(H,24,25,26). The second-order valence-corrected chi connectivity index (χ2v) is 6.28. The first-order valence-corrected chi connectivity index (χ1v) is 8.25. The van der Waals surface area contributed by atoms with E-state index in [1.165, 1.54) is 12.3 Å². The Hall–Kier alpha value is -2.97. The van der Waals surface area contributed by atoms with Crippen molar-refractivity contribution in [3.05, 3.63) is 47.5 Å². The van der Waals surface area contributed by atoms with Gasteiger partial charge in [0.15, 0.2) is 0 Å². The maximum atomic E-state index is 13.5. The molecule has 0 amide bonds. The van der Waals surface area contributed by atoms with Crippen LogP contribution in [0.5, 0.6) is 0 Å². The first kappa shape index (κ1) is 20.3. The molecule has 0 aliphatic carbocycles. The maximum Gasteiger partial charge on any atom is 0.273 e. The summed E-state index contributed by atoms with van der Waals surface area (Å²) in [5, 5.41) is 6.52. The molecule has 0 bridgehead atoms. The summed E-state index contributed by atoms with van der Waals surface area (Å²) >= 11 is 0. The SMILES string of the molecule is CC(C)c1cnc(NCC(C=Nc2ccc(F)c(C(C)(F)F)c2)=NN)nc1. The molecule has 0 saturated carbocycles. The summed E-state index contributed by atoms with van der Waals surface area (Å²) in [6.45, 7) is 4.88. The average Bonchev–Trinajstić information content (AvgIpc) is 2.62. The smallest absolute Gasteiger partial charge is 0.273 e. The fraction of sp³-hybridized carbons (Fsp3) is 0.333. The summed E-state index contributed by atoms with van der Waals surface area (Å²) in [7, 11) is 0. The second kappa shape index (κ2) is 8.61. The van der Waals surface area contributed by atoms with E-state index in [-0.39, 0.29) is 12.2 Å². The average molecular weight is 378 g/mol. The van der Waals surface area contributed by atoms with Gasteiger partial charge in [-0.25, -0.2) is 23.1 Å². The minimum atomic E-state index is -3.30. The molecule has 1 heterocycles. The largest absolute Gasteiger partial charge is 0.348 e. The molecule has 27 heavy (non-hydrogen) atoms. The highest BCUT2D eigenvalue weighted by atomic mass is 19.3. The van der Waals surface area contributed by atoms with Crippen LogP contribution in [-0.2, 0) is 5.92 Å². The van der Waals surface area contributed by atoms with Gasteiger partial charge in [0.25, 0.3) is 5.92 Å². The van der Waals surface area contributed by atoms with Gasteiger partial charge in [0.1, 0.15) is 5.82 Å². The third-order valence-corrected chi connectivity index (χ3v) is 3.72. The molecule has 2 aromatic rings. The lowest BCUT2D eigenvalue weighted by Crippen LogP contribution is -2.18. The van der Waals surface area contributed by atoms with E-state index in [2.05, 4.69) is 25.4 Å². The van der Waals surface area contributed by atoms with E-state index in [1.807, 2.05) is 13.8 Å². The molecule has 9 heteroatoms. The Kier molecular flexibility index (Phi) is 6.49. The number of nitrogens with one attached hydrogen (secondary N) is 1. The summed E-state index contributed by atoms with van der Waals surface area (Å²) in [4.78, 5) is 12.4. The molecule has 1 aromatic heterocycles. The molecule has 144 valence electrons. The molecule has 0 saturated heterocycles. The molecule has 0 fully saturated rings. The zero-order chi connectivity index (χ0) is 20.0. The van der Waals surface area contributed by atoms with Crippen LogP contribution in [0.3, 0.4) is 0 Å². The van der Waals surface area contributed by atoms with Gasteiger partial charge in [-0.1, -0.05) is 13.8 Å². The van der Waals surface area contributed by atoms with Gasteiger partial charge in [0.05, 0.1) is 29.7 Å². The van der Waals surface area contributed by atoms with E-state index in [1.54, 1.807) is 12.4 Å². The van der Waals surface area contributed by atoms with Gasteiger partial charge in [0.2, 0.25) is 5.95 Å². The molecule has 1 aromatic carbocycles. The Morgan fingerprint density at radius 1 is 1.30 bits per heavy atom. The summed E-state index contributed by atoms with van der Waals surface area (Å²) in [5.41, 5.74) is 0.780. The van der Waals surface area contributed by atoms with E-state index in [4.69, 9.17) is 5.84 Å². The van der Waals surface area contributed by atoms with Crippen LogP contribution in [0.2, 0.25) is 0 Å². The number of alkyl halides is 2. The number of hydrazone groups is 1. The van der Waals surface area contributed by atoms with Crippen molar-refractivity contribution in [1.29, 1.82) is 0 Å². The molecule has 2 rings (SSSR count). The third kappa shape index (κ3) is 5.77. The zero-order valence-corrected chi connectivity index (χ0v) is 15.2. The molecular formula is C18H21F3N6. The van der Waals surface area contributed by atoms with Crippen molar-refractivity contribution < 1.29 is 13.2 Å². The molecule has 0 atom stereocenters. The number of rotatable bonds is 7. The van der Waals surface area contributed by atoms with E-state index in [0.29, 0.717) is 24.5 Å². The highest BCUT2D eigenvalue weighted by molar-refractivity contribution is 6.32. The zero-order valence-electron chi connectivity index (χ0n) is 15.2. The fourth-order valence-electron chi connectivity index (χ4n) is 2.10. The number of anilines is 1. The van der Waals surface area contributed by atoms with Gasteiger partial charge in [-0.3, -0.25) is 4.99 Å². The fourth-order valence-corrected chi connectivity index (χ4v) is 2.10. The third-order valence-electron chi connectivity index (χ3n) is 3.72. The molecular weight excluding hydrogens is 357 g/mol. The number of nitrogens with zero attached hydrogens (tertiary/aromatic N) is 4. The van der Waals surface area contributed by atoms with Gasteiger partial charge in [-0.2, -0.15) is 5.10 Å². The Bertz CT molecular complexity index is 826. The van der Waals surface area contributed by atoms with E-state index in [9.17, 15) is 13.2 Å². The van der Waals surface area contributed by atoms with Crippen LogP contribution in [-0.4, -0.2) is 28.4 Å².